The monoisotopic (exact) mass is 355 g/mol. The molecule has 0 atom stereocenters. The molecule has 4 nitrogen and oxygen atoms in total. The van der Waals surface area contributed by atoms with E-state index in [1.54, 1.807) is 12.1 Å². The lowest BCUT2D eigenvalue weighted by Gasteiger charge is -2.08. The van der Waals surface area contributed by atoms with Crippen LogP contribution in [0.3, 0.4) is 0 Å². The maximum atomic E-state index is 12.6. The molecule has 4 aromatic rings. The van der Waals surface area contributed by atoms with E-state index in [9.17, 15) is 9.59 Å². The van der Waals surface area contributed by atoms with Crippen LogP contribution in [-0.2, 0) is 4.74 Å². The first-order valence-corrected chi connectivity index (χ1v) is 8.67. The number of benzene rings is 3. The molecule has 0 aliphatic rings. The molecule has 0 fully saturated rings. The van der Waals surface area contributed by atoms with Gasteiger partial charge in [0.15, 0.2) is 12.4 Å². The first-order chi connectivity index (χ1) is 13.1. The van der Waals surface area contributed by atoms with Crippen LogP contribution in [0, 0.1) is 6.92 Å². The van der Waals surface area contributed by atoms with Gasteiger partial charge in [-0.1, -0.05) is 54.6 Å². The van der Waals surface area contributed by atoms with Gasteiger partial charge in [0.2, 0.25) is 0 Å². The Hall–Kier alpha value is -3.53. The zero-order valence-corrected chi connectivity index (χ0v) is 14.8. The summed E-state index contributed by atoms with van der Waals surface area (Å²) in [7, 11) is 0. The molecule has 0 saturated heterocycles. The number of aryl methyl sites for hydroxylation is 1. The lowest BCUT2D eigenvalue weighted by molar-refractivity contribution is 0.0476. The van der Waals surface area contributed by atoms with Gasteiger partial charge in [-0.05, 0) is 35.9 Å². The number of hydrogen-bond acceptors (Lipinski definition) is 4. The van der Waals surface area contributed by atoms with E-state index in [0.29, 0.717) is 16.5 Å². The number of rotatable bonds is 4. The Morgan fingerprint density at radius 1 is 0.889 bits per heavy atom. The second-order valence-electron chi connectivity index (χ2n) is 6.39. The number of carbonyl (C=O) groups is 2. The molecule has 0 unspecified atom stereocenters. The fourth-order valence-corrected chi connectivity index (χ4v) is 3.13. The molecule has 0 bridgehead atoms. The first-order valence-electron chi connectivity index (χ1n) is 8.67. The Bertz CT molecular complexity index is 1180. The van der Waals surface area contributed by atoms with Crippen LogP contribution < -0.4 is 0 Å². The predicted octanol–water partition coefficient (Wildman–Crippen LogP) is 4.74. The fourth-order valence-electron chi connectivity index (χ4n) is 3.13. The van der Waals surface area contributed by atoms with Gasteiger partial charge in [0.25, 0.3) is 0 Å². The van der Waals surface area contributed by atoms with E-state index in [0.717, 1.165) is 22.0 Å². The largest absolute Gasteiger partial charge is 0.454 e. The number of ether oxygens (including phenoxy) is 1. The van der Waals surface area contributed by atoms with Crippen LogP contribution in [0.2, 0.25) is 0 Å². The van der Waals surface area contributed by atoms with Gasteiger partial charge in [0.05, 0.1) is 11.1 Å². The van der Waals surface area contributed by atoms with Crippen molar-refractivity contribution >= 4 is 33.4 Å². The Balaban J connectivity index is 1.54. The van der Waals surface area contributed by atoms with E-state index in [2.05, 4.69) is 4.98 Å². The third kappa shape index (κ3) is 3.42. The highest BCUT2D eigenvalue weighted by atomic mass is 16.5. The van der Waals surface area contributed by atoms with Crippen molar-refractivity contribution in [2.75, 3.05) is 6.61 Å². The summed E-state index contributed by atoms with van der Waals surface area (Å²) in [4.78, 5) is 29.4. The number of ketones is 1. The number of para-hydroxylation sites is 1. The summed E-state index contributed by atoms with van der Waals surface area (Å²) in [5, 5.41) is 2.75. The van der Waals surface area contributed by atoms with E-state index in [-0.39, 0.29) is 12.4 Å². The van der Waals surface area contributed by atoms with Crippen LogP contribution in [0.5, 0.6) is 0 Å². The van der Waals surface area contributed by atoms with Crippen LogP contribution in [0.4, 0.5) is 0 Å². The lowest BCUT2D eigenvalue weighted by atomic mass is 10.0. The van der Waals surface area contributed by atoms with Gasteiger partial charge in [-0.15, -0.1) is 0 Å². The Morgan fingerprint density at radius 2 is 1.63 bits per heavy atom. The zero-order chi connectivity index (χ0) is 18.8. The molecule has 0 saturated carbocycles. The smallest absolute Gasteiger partial charge is 0.339 e. The van der Waals surface area contributed by atoms with Gasteiger partial charge in [0.1, 0.15) is 0 Å². The maximum absolute atomic E-state index is 12.6. The van der Waals surface area contributed by atoms with Crippen molar-refractivity contribution < 1.29 is 14.3 Å². The summed E-state index contributed by atoms with van der Waals surface area (Å²) in [5.74, 6) is -0.755. The zero-order valence-electron chi connectivity index (χ0n) is 14.8. The second-order valence-corrected chi connectivity index (χ2v) is 6.39. The van der Waals surface area contributed by atoms with Crippen LogP contribution in [-0.4, -0.2) is 23.3 Å². The molecule has 0 N–H and O–H groups in total. The molecule has 0 amide bonds. The van der Waals surface area contributed by atoms with Crippen molar-refractivity contribution in [2.24, 2.45) is 0 Å². The number of Topliss-reactive ketones (excluding diaryl/α,β-unsaturated/α-hetero) is 1. The van der Waals surface area contributed by atoms with Gasteiger partial charge >= 0.3 is 5.97 Å². The Labute approximate surface area is 156 Å². The average molecular weight is 355 g/mol. The number of carbonyl (C=O) groups excluding carboxylic acids is 2. The molecule has 0 spiro atoms. The van der Waals surface area contributed by atoms with Crippen LogP contribution in [0.15, 0.2) is 72.8 Å². The molecule has 132 valence electrons. The van der Waals surface area contributed by atoms with Gasteiger partial charge in [-0.3, -0.25) is 9.78 Å². The molecular weight excluding hydrogens is 338 g/mol. The quantitative estimate of drug-likeness (QED) is 0.392. The molecule has 0 radical (unpaired) electrons. The highest BCUT2D eigenvalue weighted by molar-refractivity contribution is 6.06. The Morgan fingerprint density at radius 3 is 2.48 bits per heavy atom. The molecule has 0 aliphatic heterocycles. The molecule has 3 aromatic carbocycles. The van der Waals surface area contributed by atoms with Crippen molar-refractivity contribution in [2.45, 2.75) is 6.92 Å². The number of aromatic nitrogens is 1. The SMILES string of the molecule is Cc1cc(C(=O)OCC(=O)c2ccc3ccccc3c2)c2ccccc2n1. The molecule has 1 heterocycles. The number of nitrogens with zero attached hydrogens (tertiary/aromatic N) is 1. The van der Waals surface area contributed by atoms with E-state index in [1.165, 1.54) is 0 Å². The summed E-state index contributed by atoms with van der Waals surface area (Å²) >= 11 is 0. The summed E-state index contributed by atoms with van der Waals surface area (Å²) in [6, 6.07) is 22.3. The van der Waals surface area contributed by atoms with E-state index >= 15 is 0 Å². The molecule has 1 aromatic heterocycles. The number of pyridine rings is 1. The minimum atomic E-state index is -0.522. The van der Waals surface area contributed by atoms with Crippen LogP contribution >= 0.6 is 0 Å². The molecule has 0 aliphatic carbocycles. The van der Waals surface area contributed by atoms with Crippen molar-refractivity contribution in [3.05, 3.63) is 89.6 Å². The lowest BCUT2D eigenvalue weighted by Crippen LogP contribution is -2.15. The number of hydrogen-bond donors (Lipinski definition) is 0. The first kappa shape index (κ1) is 16.9. The molecule has 27 heavy (non-hydrogen) atoms. The third-order valence-corrected chi connectivity index (χ3v) is 4.47. The summed E-state index contributed by atoms with van der Waals surface area (Å²) in [5.41, 5.74) is 2.40. The maximum Gasteiger partial charge on any atom is 0.339 e. The van der Waals surface area contributed by atoms with Gasteiger partial charge in [-0.2, -0.15) is 0 Å². The van der Waals surface area contributed by atoms with Crippen LogP contribution in [0.1, 0.15) is 26.4 Å². The summed E-state index contributed by atoms with van der Waals surface area (Å²) in [6.45, 7) is 1.52. The normalized spacial score (nSPS) is 10.9. The minimum absolute atomic E-state index is 0.232. The number of esters is 1. The highest BCUT2D eigenvalue weighted by Gasteiger charge is 2.16. The van der Waals surface area contributed by atoms with E-state index in [1.807, 2.05) is 67.6 Å². The van der Waals surface area contributed by atoms with E-state index < -0.39 is 5.97 Å². The number of fused-ring (bicyclic) bond motifs is 2. The third-order valence-electron chi connectivity index (χ3n) is 4.47. The fraction of sp³-hybridized carbons (Fsp3) is 0.0870. The van der Waals surface area contributed by atoms with Gasteiger partial charge in [0, 0.05) is 16.6 Å². The van der Waals surface area contributed by atoms with Crippen molar-refractivity contribution in [1.29, 1.82) is 0 Å². The van der Waals surface area contributed by atoms with Crippen LogP contribution in [0.25, 0.3) is 21.7 Å². The highest BCUT2D eigenvalue weighted by Crippen LogP contribution is 2.20. The second kappa shape index (κ2) is 7.00. The van der Waals surface area contributed by atoms with Gasteiger partial charge < -0.3 is 4.74 Å². The predicted molar refractivity (Wildman–Crippen MR) is 105 cm³/mol. The average Bonchev–Trinajstić information content (AvgIpc) is 2.70. The van der Waals surface area contributed by atoms with Crippen molar-refractivity contribution in [3.63, 3.8) is 0 Å². The molecular formula is C23H17NO3. The van der Waals surface area contributed by atoms with E-state index in [4.69, 9.17) is 4.74 Å². The molecule has 4 heteroatoms. The minimum Gasteiger partial charge on any atom is -0.454 e. The van der Waals surface area contributed by atoms with Crippen molar-refractivity contribution in [1.82, 2.24) is 4.98 Å². The molecule has 4 rings (SSSR count). The van der Waals surface area contributed by atoms with Gasteiger partial charge in [-0.25, -0.2) is 4.79 Å². The summed E-state index contributed by atoms with van der Waals surface area (Å²) < 4.78 is 5.30. The Kier molecular flexibility index (Phi) is 4.38. The topological polar surface area (TPSA) is 56.3 Å². The summed E-state index contributed by atoms with van der Waals surface area (Å²) in [6.07, 6.45) is 0. The standard InChI is InChI=1S/C23H17NO3/c1-15-12-20(19-8-4-5-9-21(19)24-15)23(26)27-14-22(25)18-11-10-16-6-2-3-7-17(16)13-18/h2-13H,14H2,1H3. The van der Waals surface area contributed by atoms with Crippen molar-refractivity contribution in [3.8, 4) is 0 Å².